The quantitative estimate of drug-likeness (QED) is 0.283. The Morgan fingerprint density at radius 2 is 2.00 bits per heavy atom. The van der Waals surface area contributed by atoms with E-state index in [1.165, 1.54) is 0 Å². The number of carboxylic acids is 1. The minimum absolute atomic E-state index is 0.0228. The van der Waals surface area contributed by atoms with Gasteiger partial charge in [0.05, 0.1) is 32.4 Å². The molecule has 3 aliphatic heterocycles. The van der Waals surface area contributed by atoms with Crippen molar-refractivity contribution < 1.29 is 28.5 Å². The van der Waals surface area contributed by atoms with Gasteiger partial charge in [-0.25, -0.2) is 19.7 Å². The average molecular weight is 636 g/mol. The number of benzene rings is 1. The molecule has 3 saturated heterocycles. The molecule has 13 nitrogen and oxygen atoms in total. The van der Waals surface area contributed by atoms with Crippen molar-refractivity contribution in [1.82, 2.24) is 24.7 Å². The number of pyridine rings is 1. The molecule has 0 unspecified atom stereocenters. The van der Waals surface area contributed by atoms with Crippen molar-refractivity contribution in [2.24, 2.45) is 7.05 Å². The van der Waals surface area contributed by atoms with Crippen LogP contribution in [0.2, 0.25) is 0 Å². The van der Waals surface area contributed by atoms with Gasteiger partial charge in [-0.15, -0.1) is 0 Å². The number of rotatable bonds is 5. The zero-order valence-electron chi connectivity index (χ0n) is 26.2. The van der Waals surface area contributed by atoms with Crippen LogP contribution in [0.25, 0.3) is 22.1 Å². The molecule has 7 heterocycles. The van der Waals surface area contributed by atoms with E-state index in [2.05, 4.69) is 38.7 Å². The van der Waals surface area contributed by atoms with E-state index in [4.69, 9.17) is 23.6 Å². The molecule has 1 N–H and O–H groups in total. The summed E-state index contributed by atoms with van der Waals surface area (Å²) >= 11 is 0. The number of aliphatic carboxylic acids is 1. The number of hydrogen-bond donors (Lipinski definition) is 1. The van der Waals surface area contributed by atoms with E-state index in [9.17, 15) is 9.90 Å². The molecule has 0 aliphatic carbocycles. The summed E-state index contributed by atoms with van der Waals surface area (Å²) in [6.45, 7) is 6.35. The van der Waals surface area contributed by atoms with E-state index in [0.29, 0.717) is 71.8 Å². The molecule has 0 saturated carbocycles. The SMILES string of the molecule is Cc1nc(N2C[C@@H](Oc3ncc(C#Cc4ccn(C)n4)cc3N3CCOC4(COC4)[C@@H]3C)C[C@H]2C(=O)O)c2oc3ccccc3c2n1. The Labute approximate surface area is 270 Å². The standard InChI is InChI=1S/C34H33N7O6/c1-20-34(18-44-19-34)45-13-12-40(20)26-14-22(8-9-23-10-11-39(3)38-23)16-35-32(26)46-24-15-27(33(42)43)41(17-24)31-30-29(36-21(2)37-31)25-6-4-5-7-28(25)47-30/h4-7,10-11,14,16,20,24,27H,12-13,15,17-19H2,1-3H3,(H,42,43)/t20-,24-,27-/m0/s1. The zero-order valence-corrected chi connectivity index (χ0v) is 26.2. The highest BCUT2D eigenvalue weighted by atomic mass is 16.6. The molecule has 0 bridgehead atoms. The van der Waals surface area contributed by atoms with Crippen LogP contribution in [0.3, 0.4) is 0 Å². The maximum atomic E-state index is 12.6. The molecule has 1 spiro atoms. The lowest BCUT2D eigenvalue weighted by atomic mass is 9.90. The van der Waals surface area contributed by atoms with Crippen LogP contribution in [-0.4, -0.2) is 92.5 Å². The summed E-state index contributed by atoms with van der Waals surface area (Å²) in [5.41, 5.74) is 3.48. The summed E-state index contributed by atoms with van der Waals surface area (Å²) in [5.74, 6) is 6.68. The van der Waals surface area contributed by atoms with Gasteiger partial charge in [-0.1, -0.05) is 18.1 Å². The van der Waals surface area contributed by atoms with Gasteiger partial charge in [0, 0.05) is 43.4 Å². The van der Waals surface area contributed by atoms with Crippen molar-refractivity contribution in [2.75, 3.05) is 42.7 Å². The Kier molecular flexibility index (Phi) is 7.00. The van der Waals surface area contributed by atoms with Crippen LogP contribution in [0.15, 0.2) is 53.2 Å². The second kappa shape index (κ2) is 11.3. The average Bonchev–Trinajstić information content (AvgIpc) is 3.76. The second-order valence-corrected chi connectivity index (χ2v) is 12.3. The molecule has 5 aromatic rings. The molecular weight excluding hydrogens is 602 g/mol. The van der Waals surface area contributed by atoms with Crippen molar-refractivity contribution >= 4 is 39.5 Å². The fourth-order valence-electron chi connectivity index (χ4n) is 6.71. The summed E-state index contributed by atoms with van der Waals surface area (Å²) in [5, 5.41) is 15.5. The highest BCUT2D eigenvalue weighted by Crippen LogP contribution is 2.40. The largest absolute Gasteiger partial charge is 0.480 e. The van der Waals surface area contributed by atoms with Crippen molar-refractivity contribution in [3.8, 4) is 17.7 Å². The molecule has 4 aromatic heterocycles. The Balaban J connectivity index is 1.14. The molecule has 240 valence electrons. The number of aromatic nitrogens is 5. The van der Waals surface area contributed by atoms with Crippen LogP contribution in [0, 0.1) is 18.8 Å². The third-order valence-corrected chi connectivity index (χ3v) is 9.25. The first kappa shape index (κ1) is 29.2. The van der Waals surface area contributed by atoms with E-state index >= 15 is 0 Å². The number of anilines is 2. The van der Waals surface area contributed by atoms with Crippen molar-refractivity contribution in [2.45, 2.75) is 44.1 Å². The summed E-state index contributed by atoms with van der Waals surface area (Å²) in [6, 6.07) is 10.5. The molecule has 3 fully saturated rings. The summed E-state index contributed by atoms with van der Waals surface area (Å²) in [7, 11) is 1.85. The molecule has 13 heteroatoms. The van der Waals surface area contributed by atoms with Crippen LogP contribution < -0.4 is 14.5 Å². The number of furan rings is 1. The van der Waals surface area contributed by atoms with E-state index in [1.807, 2.05) is 49.6 Å². The van der Waals surface area contributed by atoms with Gasteiger partial charge < -0.3 is 33.5 Å². The number of morpholine rings is 1. The van der Waals surface area contributed by atoms with Crippen LogP contribution >= 0.6 is 0 Å². The predicted molar refractivity (Wildman–Crippen MR) is 172 cm³/mol. The minimum Gasteiger partial charge on any atom is -0.480 e. The predicted octanol–water partition coefficient (Wildman–Crippen LogP) is 3.32. The molecule has 47 heavy (non-hydrogen) atoms. The molecule has 8 rings (SSSR count). The minimum atomic E-state index is -0.973. The number of carboxylic acid groups (broad SMARTS) is 1. The normalized spacial score (nSPS) is 22.0. The van der Waals surface area contributed by atoms with Crippen LogP contribution in [0.5, 0.6) is 5.88 Å². The highest BCUT2D eigenvalue weighted by molar-refractivity contribution is 6.06. The molecule has 1 aromatic carbocycles. The van der Waals surface area contributed by atoms with E-state index < -0.39 is 23.7 Å². The number of hydrogen-bond acceptors (Lipinski definition) is 11. The second-order valence-electron chi connectivity index (χ2n) is 12.3. The number of fused-ring (bicyclic) bond motifs is 3. The van der Waals surface area contributed by atoms with Gasteiger partial charge in [-0.05, 0) is 44.0 Å². The van der Waals surface area contributed by atoms with Gasteiger partial charge >= 0.3 is 5.97 Å². The van der Waals surface area contributed by atoms with E-state index in [1.54, 1.807) is 22.7 Å². The lowest BCUT2D eigenvalue weighted by Crippen LogP contribution is -2.68. The Hall–Kier alpha value is -5.19. The summed E-state index contributed by atoms with van der Waals surface area (Å²) in [4.78, 5) is 30.7. The lowest BCUT2D eigenvalue weighted by Gasteiger charge is -2.53. The number of aryl methyl sites for hydroxylation is 2. The lowest BCUT2D eigenvalue weighted by molar-refractivity contribution is -0.228. The van der Waals surface area contributed by atoms with Crippen molar-refractivity contribution in [3.63, 3.8) is 0 Å². The summed E-state index contributed by atoms with van der Waals surface area (Å²) in [6.07, 6.45) is 3.24. The maximum Gasteiger partial charge on any atom is 0.326 e. The first-order valence-electron chi connectivity index (χ1n) is 15.6. The Bertz CT molecular complexity index is 2080. The smallest absolute Gasteiger partial charge is 0.326 e. The van der Waals surface area contributed by atoms with E-state index in [0.717, 1.165) is 11.1 Å². The zero-order chi connectivity index (χ0) is 32.3. The van der Waals surface area contributed by atoms with Gasteiger partial charge in [0.1, 0.15) is 46.1 Å². The van der Waals surface area contributed by atoms with Crippen molar-refractivity contribution in [1.29, 1.82) is 0 Å². The number of nitrogens with zero attached hydrogens (tertiary/aromatic N) is 7. The molecule has 0 radical (unpaired) electrons. The Morgan fingerprint density at radius 3 is 2.77 bits per heavy atom. The van der Waals surface area contributed by atoms with Gasteiger partial charge in [-0.2, -0.15) is 5.10 Å². The fourth-order valence-corrected chi connectivity index (χ4v) is 6.71. The molecule has 3 atom stereocenters. The number of para-hydroxylation sites is 1. The van der Waals surface area contributed by atoms with E-state index in [-0.39, 0.29) is 19.0 Å². The Morgan fingerprint density at radius 1 is 1.15 bits per heavy atom. The number of ether oxygens (including phenoxy) is 3. The first-order valence-corrected chi connectivity index (χ1v) is 15.6. The topological polar surface area (TPSA) is 141 Å². The molecule has 3 aliphatic rings. The van der Waals surface area contributed by atoms with Crippen LogP contribution in [0.4, 0.5) is 11.5 Å². The monoisotopic (exact) mass is 635 g/mol. The van der Waals surface area contributed by atoms with Gasteiger partial charge in [0.2, 0.25) is 5.88 Å². The van der Waals surface area contributed by atoms with Gasteiger partial charge in [0.25, 0.3) is 0 Å². The highest BCUT2D eigenvalue weighted by Gasteiger charge is 2.50. The molecular formula is C34H33N7O6. The van der Waals surface area contributed by atoms with Crippen LogP contribution in [0.1, 0.15) is 30.4 Å². The number of carbonyl (C=O) groups is 1. The van der Waals surface area contributed by atoms with Gasteiger partial charge in [0.15, 0.2) is 11.4 Å². The first-order chi connectivity index (χ1) is 22.8. The van der Waals surface area contributed by atoms with Gasteiger partial charge in [-0.3, -0.25) is 4.68 Å². The van der Waals surface area contributed by atoms with Crippen LogP contribution in [-0.2, 0) is 21.3 Å². The summed E-state index contributed by atoms with van der Waals surface area (Å²) < 4.78 is 26.3. The molecule has 0 amide bonds. The third-order valence-electron chi connectivity index (χ3n) is 9.25. The maximum absolute atomic E-state index is 12.6. The van der Waals surface area contributed by atoms with Crippen molar-refractivity contribution in [3.05, 3.63) is 65.9 Å². The fraction of sp³-hybridized carbons (Fsp3) is 0.382. The third kappa shape index (κ3) is 5.10.